The Labute approximate surface area is 216 Å². The highest BCUT2D eigenvalue weighted by atomic mass is 19.4. The number of rotatable bonds is 5. The maximum atomic E-state index is 12.3. The summed E-state index contributed by atoms with van der Waals surface area (Å²) in [7, 11) is 0. The molecule has 204 valence electrons. The van der Waals surface area contributed by atoms with Crippen molar-refractivity contribution in [2.75, 3.05) is 26.2 Å². The first kappa shape index (κ1) is 29.0. The van der Waals surface area contributed by atoms with Gasteiger partial charge in [-0.3, -0.25) is 4.79 Å². The Hall–Kier alpha value is -1.60. The molecule has 4 fully saturated rings. The molecule has 1 spiro atoms. The molecule has 0 bridgehead atoms. The van der Waals surface area contributed by atoms with Crippen LogP contribution in [-0.4, -0.2) is 65.7 Å². The van der Waals surface area contributed by atoms with Gasteiger partial charge in [0, 0.05) is 37.0 Å². The smallest absolute Gasteiger partial charge is 0.340 e. The third kappa shape index (κ3) is 9.70. The van der Waals surface area contributed by atoms with Crippen molar-refractivity contribution in [1.82, 2.24) is 15.1 Å². The maximum absolute atomic E-state index is 12.3. The first-order chi connectivity index (χ1) is 17.2. The summed E-state index contributed by atoms with van der Waals surface area (Å²) in [5.41, 5.74) is 2.02. The van der Waals surface area contributed by atoms with Crippen molar-refractivity contribution in [2.24, 2.45) is 0 Å². The fourth-order valence-corrected chi connectivity index (χ4v) is 5.87. The summed E-state index contributed by atoms with van der Waals surface area (Å²) in [6, 6.07) is 10.9. The van der Waals surface area contributed by atoms with E-state index in [1.165, 1.54) is 37.8 Å². The number of hydrogen-bond acceptors (Lipinski definition) is 3. The van der Waals surface area contributed by atoms with Crippen LogP contribution in [0.4, 0.5) is 13.2 Å². The number of nitrogens with one attached hydrogen (secondary N) is 1. The van der Waals surface area contributed by atoms with E-state index in [0.717, 1.165) is 45.2 Å². The van der Waals surface area contributed by atoms with Gasteiger partial charge >= 0.3 is 6.18 Å². The quantitative estimate of drug-likeness (QED) is 0.493. The minimum absolute atomic E-state index is 0.168. The number of carbonyl (C=O) groups is 1. The minimum Gasteiger partial charge on any atom is -0.340 e. The molecule has 1 aromatic carbocycles. The summed E-state index contributed by atoms with van der Waals surface area (Å²) in [4.78, 5) is 16.3. The van der Waals surface area contributed by atoms with Crippen molar-refractivity contribution in [3.8, 4) is 0 Å². The zero-order chi connectivity index (χ0) is 26.0. The zero-order valence-electron chi connectivity index (χ0n) is 22.3. The van der Waals surface area contributed by atoms with E-state index >= 15 is 0 Å². The van der Waals surface area contributed by atoms with E-state index < -0.39 is 12.6 Å². The molecular weight excluding hydrogens is 463 g/mol. The van der Waals surface area contributed by atoms with Gasteiger partial charge in [-0.05, 0) is 90.8 Å². The Morgan fingerprint density at radius 3 is 2.36 bits per heavy atom. The third-order valence-corrected chi connectivity index (χ3v) is 8.12. The fourth-order valence-electron chi connectivity index (χ4n) is 5.87. The molecule has 1 saturated carbocycles. The highest BCUT2D eigenvalue weighted by molar-refractivity contribution is 5.76. The second-order valence-corrected chi connectivity index (χ2v) is 11.0. The number of hydrogen-bond donors (Lipinski definition) is 1. The van der Waals surface area contributed by atoms with Crippen LogP contribution >= 0.6 is 0 Å². The van der Waals surface area contributed by atoms with E-state index in [9.17, 15) is 18.0 Å². The van der Waals surface area contributed by atoms with Gasteiger partial charge in [-0.2, -0.15) is 13.2 Å². The molecule has 1 aliphatic carbocycles. The molecule has 5 rings (SSSR count). The van der Waals surface area contributed by atoms with Crippen molar-refractivity contribution in [3.63, 3.8) is 0 Å². The highest BCUT2D eigenvalue weighted by Gasteiger charge is 2.44. The van der Waals surface area contributed by atoms with Crippen molar-refractivity contribution in [3.05, 3.63) is 35.9 Å². The largest absolute Gasteiger partial charge is 0.389 e. The Morgan fingerprint density at radius 2 is 1.83 bits per heavy atom. The molecule has 2 atom stereocenters. The topological polar surface area (TPSA) is 35.6 Å². The first-order valence-electron chi connectivity index (χ1n) is 14.1. The van der Waals surface area contributed by atoms with E-state index in [-0.39, 0.29) is 12.3 Å². The van der Waals surface area contributed by atoms with Crippen LogP contribution in [0.2, 0.25) is 0 Å². The predicted octanol–water partition coefficient (Wildman–Crippen LogP) is 6.48. The van der Waals surface area contributed by atoms with Gasteiger partial charge in [0.25, 0.3) is 0 Å². The fraction of sp³-hybridized carbons (Fsp3) is 0.759. The summed E-state index contributed by atoms with van der Waals surface area (Å²) >= 11 is 0. The molecule has 1 N–H and O–H groups in total. The zero-order valence-corrected chi connectivity index (χ0v) is 22.3. The molecular formula is C29H46F3N3O. The second-order valence-electron chi connectivity index (χ2n) is 11.0. The summed E-state index contributed by atoms with van der Waals surface area (Å²) in [5.74, 6) is 0.265. The number of benzene rings is 1. The van der Waals surface area contributed by atoms with Gasteiger partial charge in [0.2, 0.25) is 5.91 Å². The Bertz CT molecular complexity index is 774. The van der Waals surface area contributed by atoms with Crippen LogP contribution in [-0.2, 0) is 4.79 Å². The van der Waals surface area contributed by atoms with Gasteiger partial charge in [0.1, 0.15) is 0 Å². The molecule has 1 amide bonds. The normalized spacial score (nSPS) is 24.8. The van der Waals surface area contributed by atoms with E-state index in [1.54, 1.807) is 0 Å². The summed E-state index contributed by atoms with van der Waals surface area (Å²) < 4.78 is 37.0. The molecule has 7 heteroatoms. The van der Waals surface area contributed by atoms with Crippen LogP contribution < -0.4 is 5.32 Å². The lowest BCUT2D eigenvalue weighted by molar-refractivity contribution is -0.137. The van der Waals surface area contributed by atoms with Crippen LogP contribution in [0.15, 0.2) is 30.3 Å². The van der Waals surface area contributed by atoms with Crippen LogP contribution in [0.25, 0.3) is 0 Å². The molecule has 3 saturated heterocycles. The summed E-state index contributed by atoms with van der Waals surface area (Å²) in [5, 5.41) is 3.51. The molecule has 3 heterocycles. The number of fused-ring (bicyclic) bond motifs is 1. The van der Waals surface area contributed by atoms with E-state index in [0.29, 0.717) is 30.6 Å². The third-order valence-electron chi connectivity index (χ3n) is 8.12. The number of halogens is 3. The van der Waals surface area contributed by atoms with Gasteiger partial charge < -0.3 is 15.1 Å². The Morgan fingerprint density at radius 1 is 1.08 bits per heavy atom. The average molecular weight is 510 g/mol. The number of aryl methyl sites for hydroxylation is 1. The van der Waals surface area contributed by atoms with Crippen molar-refractivity contribution in [2.45, 2.75) is 115 Å². The molecule has 4 nitrogen and oxygen atoms in total. The predicted molar refractivity (Wildman–Crippen MR) is 140 cm³/mol. The van der Waals surface area contributed by atoms with Crippen molar-refractivity contribution >= 4 is 5.91 Å². The Kier molecular flexibility index (Phi) is 11.1. The lowest BCUT2D eigenvalue weighted by Crippen LogP contribution is -2.45. The molecule has 1 aromatic rings. The van der Waals surface area contributed by atoms with Gasteiger partial charge in [-0.15, -0.1) is 0 Å². The first-order valence-corrected chi connectivity index (χ1v) is 14.1. The second kappa shape index (κ2) is 13.8. The maximum Gasteiger partial charge on any atom is 0.389 e. The van der Waals surface area contributed by atoms with Crippen LogP contribution in [0.1, 0.15) is 89.5 Å². The van der Waals surface area contributed by atoms with E-state index in [1.807, 2.05) is 30.0 Å². The highest BCUT2D eigenvalue weighted by Crippen LogP contribution is 2.42. The number of carbonyl (C=O) groups excluding carboxylic acids is 1. The lowest BCUT2D eigenvalue weighted by Gasteiger charge is -2.37. The molecule has 36 heavy (non-hydrogen) atoms. The minimum atomic E-state index is -4.06. The van der Waals surface area contributed by atoms with Gasteiger partial charge in [0.15, 0.2) is 0 Å². The number of amides is 1. The van der Waals surface area contributed by atoms with Gasteiger partial charge in [0.05, 0.1) is 0 Å². The van der Waals surface area contributed by atoms with Gasteiger partial charge in [-0.25, -0.2) is 0 Å². The molecule has 3 aliphatic heterocycles. The molecule has 1 unspecified atom stereocenters. The monoisotopic (exact) mass is 509 g/mol. The standard InChI is InChI=1S/C16H27F3N2O.C7H8.C6H11N/c1-2-20(10-5-9-16(17,18)19)13-6-3-8-15(22)21-11-4-7-14(21)12-13;1-7-5-3-2-4-6-7;1-2-6(3-4-6)7-5-1/h13-14H,2-12H2,1H3;2-6H,1H3;7H,1-5H2/t13?,14-;;/m1../s1. The molecule has 0 aromatic heterocycles. The average Bonchev–Trinajstić information content (AvgIpc) is 3.20. The van der Waals surface area contributed by atoms with Crippen LogP contribution in [0.3, 0.4) is 0 Å². The number of nitrogens with zero attached hydrogens (tertiary/aromatic N) is 2. The summed E-state index contributed by atoms with van der Waals surface area (Å²) in [6.45, 7) is 7.52. The van der Waals surface area contributed by atoms with Crippen LogP contribution in [0.5, 0.6) is 0 Å². The number of alkyl halides is 3. The van der Waals surface area contributed by atoms with Crippen molar-refractivity contribution < 1.29 is 18.0 Å². The van der Waals surface area contributed by atoms with Gasteiger partial charge in [-0.1, -0.05) is 42.8 Å². The Balaban J connectivity index is 0.000000205. The lowest BCUT2D eigenvalue weighted by atomic mass is 9.95. The molecule has 0 radical (unpaired) electrons. The van der Waals surface area contributed by atoms with Crippen molar-refractivity contribution in [1.29, 1.82) is 0 Å². The van der Waals surface area contributed by atoms with E-state index in [2.05, 4.69) is 29.3 Å². The molecule has 4 aliphatic rings. The summed E-state index contributed by atoms with van der Waals surface area (Å²) in [6.07, 6.45) is 6.57. The SMILES string of the molecule is C1CNC2(C1)CC2.CCN(CCCC(F)(F)F)C1CCCC(=O)N2CCC[C@@H]2C1.Cc1ccccc1. The van der Waals surface area contributed by atoms with Crippen LogP contribution in [0, 0.1) is 6.92 Å². The van der Waals surface area contributed by atoms with E-state index in [4.69, 9.17) is 0 Å².